The van der Waals surface area contributed by atoms with Crippen molar-refractivity contribution in [1.29, 1.82) is 0 Å². The number of aryl methyl sites for hydroxylation is 1. The van der Waals surface area contributed by atoms with Gasteiger partial charge in [0.1, 0.15) is 5.37 Å². The zero-order valence-electron chi connectivity index (χ0n) is 12.5. The van der Waals surface area contributed by atoms with E-state index in [9.17, 15) is 4.79 Å². The summed E-state index contributed by atoms with van der Waals surface area (Å²) in [5.41, 5.74) is 1.22. The van der Waals surface area contributed by atoms with E-state index in [1.54, 1.807) is 0 Å². The van der Waals surface area contributed by atoms with Crippen LogP contribution in [-0.4, -0.2) is 65.4 Å². The average Bonchev–Trinajstić information content (AvgIpc) is 2.93. The topological polar surface area (TPSA) is 37.7 Å². The third-order valence-corrected chi connectivity index (χ3v) is 5.44. The fraction of sp³-hybridized carbons (Fsp3) is 0.667. The van der Waals surface area contributed by atoms with E-state index < -0.39 is 0 Å². The molecule has 0 aromatic carbocycles. The summed E-state index contributed by atoms with van der Waals surface area (Å²) in [4.78, 5) is 16.8. The molecule has 1 unspecified atom stereocenters. The molecule has 6 heteroatoms. The first-order valence-corrected chi connectivity index (χ1v) is 8.63. The van der Waals surface area contributed by atoms with E-state index in [0.29, 0.717) is 6.42 Å². The van der Waals surface area contributed by atoms with E-state index in [1.165, 1.54) is 5.69 Å². The van der Waals surface area contributed by atoms with Gasteiger partial charge in [-0.2, -0.15) is 0 Å². The van der Waals surface area contributed by atoms with Crippen molar-refractivity contribution in [3.63, 3.8) is 0 Å². The van der Waals surface area contributed by atoms with Gasteiger partial charge >= 0.3 is 0 Å². The highest BCUT2D eigenvalue weighted by Gasteiger charge is 2.31. The van der Waals surface area contributed by atoms with Crippen LogP contribution in [0.5, 0.6) is 0 Å². The second-order valence-corrected chi connectivity index (χ2v) is 6.75. The summed E-state index contributed by atoms with van der Waals surface area (Å²) in [6.45, 7) is 5.32. The van der Waals surface area contributed by atoms with Crippen molar-refractivity contribution in [1.82, 2.24) is 14.4 Å². The maximum atomic E-state index is 12.3. The largest absolute Gasteiger partial charge is 0.379 e. The van der Waals surface area contributed by atoms with Gasteiger partial charge in [-0.3, -0.25) is 9.69 Å². The highest BCUT2D eigenvalue weighted by Crippen LogP contribution is 2.37. The molecule has 1 aromatic heterocycles. The molecular formula is C15H23N3O2S. The lowest BCUT2D eigenvalue weighted by Gasteiger charge is -2.37. The van der Waals surface area contributed by atoms with E-state index in [2.05, 4.69) is 39.7 Å². The number of hydrogen-bond acceptors (Lipinski definition) is 4. The van der Waals surface area contributed by atoms with Gasteiger partial charge in [0.25, 0.3) is 0 Å². The Hall–Kier alpha value is -0.980. The summed E-state index contributed by atoms with van der Waals surface area (Å²) in [6.07, 6.45) is 2.71. The molecule has 1 amide bonds. The lowest BCUT2D eigenvalue weighted by Crippen LogP contribution is -2.45. The van der Waals surface area contributed by atoms with Crippen molar-refractivity contribution >= 4 is 17.7 Å². The number of carbonyl (C=O) groups excluding carboxylic acids is 1. The first kappa shape index (κ1) is 14.9. The Labute approximate surface area is 130 Å². The molecule has 5 nitrogen and oxygen atoms in total. The lowest BCUT2D eigenvalue weighted by atomic mass is 10.3. The fourth-order valence-corrected chi connectivity index (χ4v) is 4.25. The van der Waals surface area contributed by atoms with Crippen molar-refractivity contribution in [2.75, 3.05) is 45.1 Å². The van der Waals surface area contributed by atoms with E-state index in [-0.39, 0.29) is 11.3 Å². The summed E-state index contributed by atoms with van der Waals surface area (Å²) in [5.74, 6) is 1.20. The number of ether oxygens (including phenoxy) is 1. The van der Waals surface area contributed by atoms with Gasteiger partial charge < -0.3 is 14.2 Å². The van der Waals surface area contributed by atoms with Crippen molar-refractivity contribution < 1.29 is 9.53 Å². The second kappa shape index (κ2) is 6.85. The molecule has 0 bridgehead atoms. The number of thioether (sulfide) groups is 1. The van der Waals surface area contributed by atoms with Crippen LogP contribution in [0.4, 0.5) is 0 Å². The summed E-state index contributed by atoms with van der Waals surface area (Å²) in [5, 5.41) is 0.160. The Morgan fingerprint density at radius 3 is 2.86 bits per heavy atom. The Balaban J connectivity index is 1.66. The monoisotopic (exact) mass is 309 g/mol. The van der Waals surface area contributed by atoms with E-state index >= 15 is 0 Å². The van der Waals surface area contributed by atoms with Crippen molar-refractivity contribution in [3.05, 3.63) is 24.0 Å². The summed E-state index contributed by atoms with van der Waals surface area (Å²) in [7, 11) is 2.05. The van der Waals surface area contributed by atoms with Crippen molar-refractivity contribution in [2.45, 2.75) is 11.8 Å². The number of rotatable bonds is 4. The number of nitrogens with zero attached hydrogens (tertiary/aromatic N) is 3. The van der Waals surface area contributed by atoms with Crippen LogP contribution in [-0.2, 0) is 16.6 Å². The molecule has 2 aliphatic rings. The summed E-state index contributed by atoms with van der Waals surface area (Å²) in [6, 6.07) is 4.17. The molecule has 1 aromatic rings. The van der Waals surface area contributed by atoms with E-state index in [4.69, 9.17) is 4.74 Å². The van der Waals surface area contributed by atoms with Crippen LogP contribution < -0.4 is 0 Å². The van der Waals surface area contributed by atoms with Crippen LogP contribution in [0.2, 0.25) is 0 Å². The van der Waals surface area contributed by atoms with Crippen LogP contribution >= 0.6 is 11.8 Å². The van der Waals surface area contributed by atoms with Gasteiger partial charge in [-0.1, -0.05) is 0 Å². The number of amides is 1. The van der Waals surface area contributed by atoms with Gasteiger partial charge in [0.15, 0.2) is 0 Å². The first-order chi connectivity index (χ1) is 10.3. The number of morpholine rings is 1. The minimum atomic E-state index is 0.160. The molecule has 3 heterocycles. The van der Waals surface area contributed by atoms with Crippen LogP contribution in [0, 0.1) is 0 Å². The average molecular weight is 309 g/mol. The van der Waals surface area contributed by atoms with Crippen molar-refractivity contribution in [2.24, 2.45) is 7.05 Å². The van der Waals surface area contributed by atoms with Crippen molar-refractivity contribution in [3.8, 4) is 0 Å². The maximum absolute atomic E-state index is 12.3. The first-order valence-electron chi connectivity index (χ1n) is 7.58. The van der Waals surface area contributed by atoms with E-state index in [0.717, 1.165) is 45.1 Å². The molecular weight excluding hydrogens is 286 g/mol. The highest BCUT2D eigenvalue weighted by molar-refractivity contribution is 7.99. The number of hydrogen-bond donors (Lipinski definition) is 0. The fourth-order valence-electron chi connectivity index (χ4n) is 2.91. The minimum absolute atomic E-state index is 0.160. The molecule has 0 saturated carbocycles. The predicted octanol–water partition coefficient (Wildman–Crippen LogP) is 1.32. The Morgan fingerprint density at radius 1 is 1.33 bits per heavy atom. The summed E-state index contributed by atoms with van der Waals surface area (Å²) >= 11 is 1.87. The molecule has 1 atom stereocenters. The minimum Gasteiger partial charge on any atom is -0.379 e. The molecule has 116 valence electrons. The zero-order valence-corrected chi connectivity index (χ0v) is 13.3. The SMILES string of the molecule is Cn1cccc1C1SCCC(=O)N1CCN1CCOCC1. The van der Waals surface area contributed by atoms with Crippen LogP contribution in [0.3, 0.4) is 0 Å². The highest BCUT2D eigenvalue weighted by atomic mass is 32.2. The molecule has 2 fully saturated rings. The standard InChI is InChI=1S/C15H23N3O2S/c1-16-5-2-3-13(16)15-18(14(19)4-12-21-15)7-6-17-8-10-20-11-9-17/h2-3,5,15H,4,6-12H2,1H3. The Bertz CT molecular complexity index is 485. The van der Waals surface area contributed by atoms with Crippen LogP contribution in [0.25, 0.3) is 0 Å². The summed E-state index contributed by atoms with van der Waals surface area (Å²) < 4.78 is 7.50. The molecule has 0 N–H and O–H groups in total. The Morgan fingerprint density at radius 2 is 2.14 bits per heavy atom. The lowest BCUT2D eigenvalue weighted by molar-refractivity contribution is -0.132. The van der Waals surface area contributed by atoms with Crippen LogP contribution in [0.1, 0.15) is 17.5 Å². The Kier molecular flexibility index (Phi) is 4.87. The second-order valence-electron chi connectivity index (χ2n) is 5.56. The molecule has 21 heavy (non-hydrogen) atoms. The van der Waals surface area contributed by atoms with Gasteiger partial charge in [-0.15, -0.1) is 11.8 Å². The molecule has 3 rings (SSSR count). The van der Waals surface area contributed by atoms with Gasteiger partial charge in [-0.05, 0) is 12.1 Å². The molecule has 2 aliphatic heterocycles. The van der Waals surface area contributed by atoms with Gasteiger partial charge in [0.2, 0.25) is 5.91 Å². The molecule has 2 saturated heterocycles. The van der Waals surface area contributed by atoms with E-state index in [1.807, 2.05) is 11.8 Å². The molecule has 0 aliphatic carbocycles. The third kappa shape index (κ3) is 3.44. The third-order valence-electron chi connectivity index (χ3n) is 4.19. The van der Waals surface area contributed by atoms with Crippen LogP contribution in [0.15, 0.2) is 18.3 Å². The van der Waals surface area contributed by atoms with Gasteiger partial charge in [-0.25, -0.2) is 0 Å². The smallest absolute Gasteiger partial charge is 0.224 e. The number of aromatic nitrogens is 1. The quantitative estimate of drug-likeness (QED) is 0.841. The number of carbonyl (C=O) groups is 1. The molecule has 0 spiro atoms. The normalized spacial score (nSPS) is 24.5. The molecule has 0 radical (unpaired) electrons. The maximum Gasteiger partial charge on any atom is 0.224 e. The van der Waals surface area contributed by atoms with Gasteiger partial charge in [0, 0.05) is 51.6 Å². The van der Waals surface area contributed by atoms with Gasteiger partial charge in [0.05, 0.1) is 18.9 Å². The zero-order chi connectivity index (χ0) is 14.7. The predicted molar refractivity (Wildman–Crippen MR) is 84.2 cm³/mol.